The Morgan fingerprint density at radius 2 is 2.00 bits per heavy atom. The van der Waals surface area contributed by atoms with E-state index < -0.39 is 0 Å². The number of hydrogen-bond acceptors (Lipinski definition) is 3. The number of fused-ring (bicyclic) bond motifs is 4. The zero-order valence-corrected chi connectivity index (χ0v) is 13.2. The Kier molecular flexibility index (Phi) is 2.97. The molecule has 1 amide bonds. The Balaban J connectivity index is 1.58. The Hall–Kier alpha value is -2.66. The molecule has 5 nitrogen and oxygen atoms in total. The van der Waals surface area contributed by atoms with Crippen molar-refractivity contribution in [2.45, 2.75) is 5.92 Å². The second kappa shape index (κ2) is 5.18. The van der Waals surface area contributed by atoms with Gasteiger partial charge in [-0.25, -0.2) is 4.98 Å². The molecule has 0 bridgehead atoms. The van der Waals surface area contributed by atoms with Crippen LogP contribution in [0, 0.1) is 5.92 Å². The van der Waals surface area contributed by atoms with Crippen LogP contribution in [0.2, 0.25) is 0 Å². The molecule has 2 aliphatic heterocycles. The third-order valence-electron chi connectivity index (χ3n) is 5.21. The molecule has 1 saturated heterocycles. The van der Waals surface area contributed by atoms with Crippen molar-refractivity contribution in [1.29, 1.82) is 0 Å². The van der Waals surface area contributed by atoms with Gasteiger partial charge in [0, 0.05) is 43.6 Å². The summed E-state index contributed by atoms with van der Waals surface area (Å²) in [7, 11) is 0. The predicted octanol–water partition coefficient (Wildman–Crippen LogP) is 2.30. The fourth-order valence-electron chi connectivity index (χ4n) is 4.04. The van der Waals surface area contributed by atoms with Crippen molar-refractivity contribution in [2.24, 2.45) is 5.92 Å². The van der Waals surface area contributed by atoms with Crippen molar-refractivity contribution >= 4 is 17.2 Å². The van der Waals surface area contributed by atoms with Gasteiger partial charge in [-0.2, -0.15) is 0 Å². The smallest absolute Gasteiger partial charge is 0.278 e. The number of amides is 1. The third-order valence-corrected chi connectivity index (χ3v) is 5.21. The first-order valence-corrected chi connectivity index (χ1v) is 8.36. The molecule has 5 heteroatoms. The number of aromatic nitrogens is 2. The minimum Gasteiger partial charge on any atom is -0.316 e. The van der Waals surface area contributed by atoms with Crippen molar-refractivity contribution in [1.82, 2.24) is 14.7 Å². The minimum absolute atomic E-state index is 0.0171. The number of rotatable bonds is 1. The van der Waals surface area contributed by atoms with E-state index in [-0.39, 0.29) is 5.91 Å². The number of pyridine rings is 1. The van der Waals surface area contributed by atoms with Crippen LogP contribution in [0.25, 0.3) is 5.65 Å². The van der Waals surface area contributed by atoms with Crippen LogP contribution in [0.5, 0.6) is 0 Å². The maximum Gasteiger partial charge on any atom is 0.278 e. The van der Waals surface area contributed by atoms with Gasteiger partial charge in [-0.1, -0.05) is 24.3 Å². The normalized spacial score (nSPS) is 22.4. The highest BCUT2D eigenvalue weighted by Gasteiger charge is 2.39. The van der Waals surface area contributed by atoms with E-state index in [1.165, 1.54) is 5.56 Å². The minimum atomic E-state index is -0.0171. The van der Waals surface area contributed by atoms with Gasteiger partial charge >= 0.3 is 0 Å². The van der Waals surface area contributed by atoms with Gasteiger partial charge in [0.15, 0.2) is 0 Å². The lowest BCUT2D eigenvalue weighted by atomic mass is 9.83. The lowest BCUT2D eigenvalue weighted by Crippen LogP contribution is -2.41. The summed E-state index contributed by atoms with van der Waals surface area (Å²) in [5.74, 6) is 0.962. The zero-order chi connectivity index (χ0) is 16.1. The molecular weight excluding hydrogens is 300 g/mol. The summed E-state index contributed by atoms with van der Waals surface area (Å²) < 4.78 is 1.89. The highest BCUT2D eigenvalue weighted by molar-refractivity contribution is 6.06. The molecule has 3 aromatic rings. The first kappa shape index (κ1) is 13.7. The number of benzene rings is 1. The van der Waals surface area contributed by atoms with Crippen molar-refractivity contribution in [3.63, 3.8) is 0 Å². The van der Waals surface area contributed by atoms with Gasteiger partial charge < -0.3 is 14.6 Å². The van der Waals surface area contributed by atoms with E-state index >= 15 is 0 Å². The van der Waals surface area contributed by atoms with Crippen LogP contribution in [-0.4, -0.2) is 34.9 Å². The van der Waals surface area contributed by atoms with Crippen molar-refractivity contribution in [3.05, 3.63) is 66.1 Å². The Labute approximate surface area is 139 Å². The second-order valence-corrected chi connectivity index (χ2v) is 6.59. The van der Waals surface area contributed by atoms with Crippen LogP contribution in [0.15, 0.2) is 54.9 Å². The van der Waals surface area contributed by atoms with Gasteiger partial charge in [-0.3, -0.25) is 4.79 Å². The molecule has 120 valence electrons. The fraction of sp³-hybridized carbons (Fsp3) is 0.263. The topological polar surface area (TPSA) is 49.6 Å². The molecular formula is C19H18N4O. The van der Waals surface area contributed by atoms with Crippen LogP contribution in [0.4, 0.5) is 5.69 Å². The third kappa shape index (κ3) is 1.98. The van der Waals surface area contributed by atoms with Gasteiger partial charge in [0.2, 0.25) is 0 Å². The van der Waals surface area contributed by atoms with E-state index in [1.807, 2.05) is 46.0 Å². The summed E-state index contributed by atoms with van der Waals surface area (Å²) in [6.45, 7) is 2.72. The summed E-state index contributed by atoms with van der Waals surface area (Å²) in [6.07, 6.45) is 3.74. The van der Waals surface area contributed by atoms with E-state index in [4.69, 9.17) is 0 Å². The Morgan fingerprint density at radius 3 is 2.92 bits per heavy atom. The lowest BCUT2D eigenvalue weighted by Gasteiger charge is -2.36. The average molecular weight is 318 g/mol. The predicted molar refractivity (Wildman–Crippen MR) is 92.4 cm³/mol. The van der Waals surface area contributed by atoms with Crippen molar-refractivity contribution in [3.8, 4) is 0 Å². The van der Waals surface area contributed by atoms with Crippen LogP contribution < -0.4 is 10.2 Å². The number of anilines is 1. The first-order chi connectivity index (χ1) is 11.8. The highest BCUT2D eigenvalue weighted by atomic mass is 16.2. The zero-order valence-electron chi connectivity index (χ0n) is 13.2. The molecule has 2 aliphatic rings. The van der Waals surface area contributed by atoms with Gasteiger partial charge in [0.25, 0.3) is 5.91 Å². The molecule has 4 heterocycles. The summed E-state index contributed by atoms with van der Waals surface area (Å²) >= 11 is 0. The van der Waals surface area contributed by atoms with E-state index in [0.29, 0.717) is 17.5 Å². The quantitative estimate of drug-likeness (QED) is 0.749. The molecule has 0 aliphatic carbocycles. The summed E-state index contributed by atoms with van der Waals surface area (Å²) in [5, 5.41) is 3.47. The number of para-hydroxylation sites is 1. The maximum absolute atomic E-state index is 13.2. The number of imidazole rings is 1. The summed E-state index contributed by atoms with van der Waals surface area (Å²) in [4.78, 5) is 19.6. The van der Waals surface area contributed by atoms with Crippen LogP contribution in [0.3, 0.4) is 0 Å². The van der Waals surface area contributed by atoms with E-state index in [0.717, 1.165) is 31.0 Å². The molecule has 2 atom stereocenters. The number of carbonyl (C=O) groups is 1. The SMILES string of the molecule is O=C(c1cn2ccccc2n1)N1CC2CNCC2c2ccccc21. The number of hydrogen-bond donors (Lipinski definition) is 1. The van der Waals surface area contributed by atoms with E-state index in [9.17, 15) is 4.79 Å². The first-order valence-electron chi connectivity index (χ1n) is 8.36. The van der Waals surface area contributed by atoms with E-state index in [1.54, 1.807) is 0 Å². The number of nitrogens with one attached hydrogen (secondary N) is 1. The van der Waals surface area contributed by atoms with E-state index in [2.05, 4.69) is 28.5 Å². The van der Waals surface area contributed by atoms with Crippen LogP contribution in [-0.2, 0) is 0 Å². The van der Waals surface area contributed by atoms with Crippen molar-refractivity contribution in [2.75, 3.05) is 24.5 Å². The summed E-state index contributed by atoms with van der Waals surface area (Å²) in [5.41, 5.74) is 3.60. The highest BCUT2D eigenvalue weighted by Crippen LogP contribution is 2.40. The molecule has 0 spiro atoms. The summed E-state index contributed by atoms with van der Waals surface area (Å²) in [6, 6.07) is 14.1. The standard InChI is InChI=1S/C19H18N4O/c24-19(16-12-22-8-4-3-7-18(22)21-16)23-11-13-9-20-10-15(13)14-5-1-2-6-17(14)23/h1-8,12-13,15,20H,9-11H2. The van der Waals surface area contributed by atoms with Gasteiger partial charge in [0.05, 0.1) is 0 Å². The fourth-order valence-corrected chi connectivity index (χ4v) is 4.04. The maximum atomic E-state index is 13.2. The monoisotopic (exact) mass is 318 g/mol. The van der Waals surface area contributed by atoms with Gasteiger partial charge in [0.1, 0.15) is 11.3 Å². The molecule has 1 fully saturated rings. The molecule has 24 heavy (non-hydrogen) atoms. The van der Waals surface area contributed by atoms with Crippen LogP contribution in [0.1, 0.15) is 22.0 Å². The molecule has 2 aromatic heterocycles. The number of nitrogens with zero attached hydrogens (tertiary/aromatic N) is 3. The van der Waals surface area contributed by atoms with Gasteiger partial charge in [-0.15, -0.1) is 0 Å². The molecule has 1 aromatic carbocycles. The van der Waals surface area contributed by atoms with Crippen molar-refractivity contribution < 1.29 is 4.79 Å². The number of carbonyl (C=O) groups excluding carboxylic acids is 1. The molecule has 5 rings (SSSR count). The Morgan fingerprint density at radius 1 is 1.12 bits per heavy atom. The average Bonchev–Trinajstić information content (AvgIpc) is 3.27. The van der Waals surface area contributed by atoms with Crippen LogP contribution >= 0.6 is 0 Å². The molecule has 0 saturated carbocycles. The lowest BCUT2D eigenvalue weighted by molar-refractivity contribution is 0.0976. The van der Waals surface area contributed by atoms with Gasteiger partial charge in [-0.05, 0) is 29.7 Å². The largest absolute Gasteiger partial charge is 0.316 e. The second-order valence-electron chi connectivity index (χ2n) is 6.59. The molecule has 2 unspecified atom stereocenters. The Bertz CT molecular complexity index is 899. The molecule has 1 N–H and O–H groups in total. The molecule has 0 radical (unpaired) electrons.